The van der Waals surface area contributed by atoms with Gasteiger partial charge in [0.15, 0.2) is 0 Å². The molecule has 33 heavy (non-hydrogen) atoms. The molecule has 0 saturated carbocycles. The van der Waals surface area contributed by atoms with Crippen LogP contribution in [0.2, 0.25) is 0 Å². The fourth-order valence-electron chi connectivity index (χ4n) is 3.10. The van der Waals surface area contributed by atoms with Crippen molar-refractivity contribution < 1.29 is 14.4 Å². The Labute approximate surface area is 194 Å². The van der Waals surface area contributed by atoms with Gasteiger partial charge < -0.3 is 16.0 Å². The lowest BCUT2D eigenvalue weighted by Crippen LogP contribution is -2.28. The van der Waals surface area contributed by atoms with Crippen LogP contribution in [0, 0.1) is 5.41 Å². The summed E-state index contributed by atoms with van der Waals surface area (Å²) in [7, 11) is 0. The molecule has 0 unspecified atom stereocenters. The molecule has 3 N–H and O–H groups in total. The average Bonchev–Trinajstić information content (AvgIpc) is 2.79. The number of para-hydroxylation sites is 1. The van der Waals surface area contributed by atoms with Gasteiger partial charge in [0, 0.05) is 23.2 Å². The maximum atomic E-state index is 12.9. The summed E-state index contributed by atoms with van der Waals surface area (Å²) in [5.74, 6) is -0.767. The van der Waals surface area contributed by atoms with Crippen LogP contribution in [0.5, 0.6) is 0 Å². The monoisotopic (exact) mass is 443 g/mol. The molecule has 0 aliphatic heterocycles. The highest BCUT2D eigenvalue weighted by atomic mass is 16.2. The van der Waals surface area contributed by atoms with Gasteiger partial charge in [0.1, 0.15) is 0 Å². The van der Waals surface area contributed by atoms with E-state index in [2.05, 4.69) is 16.0 Å². The van der Waals surface area contributed by atoms with E-state index in [0.29, 0.717) is 35.5 Å². The quantitative estimate of drug-likeness (QED) is 0.486. The molecule has 0 heterocycles. The minimum atomic E-state index is -0.551. The zero-order valence-corrected chi connectivity index (χ0v) is 19.1. The second-order valence-corrected chi connectivity index (χ2v) is 8.78. The van der Waals surface area contributed by atoms with E-state index in [1.54, 1.807) is 48.5 Å². The number of anilines is 2. The maximum absolute atomic E-state index is 12.9. The van der Waals surface area contributed by atoms with Crippen molar-refractivity contribution >= 4 is 29.1 Å². The van der Waals surface area contributed by atoms with E-state index in [-0.39, 0.29) is 17.7 Å². The summed E-state index contributed by atoms with van der Waals surface area (Å²) >= 11 is 0. The highest BCUT2D eigenvalue weighted by Crippen LogP contribution is 2.20. The van der Waals surface area contributed by atoms with E-state index in [4.69, 9.17) is 0 Å². The third-order valence-corrected chi connectivity index (χ3v) is 5.03. The molecule has 3 aromatic carbocycles. The Hall–Kier alpha value is -3.93. The Morgan fingerprint density at radius 2 is 1.45 bits per heavy atom. The first kappa shape index (κ1) is 23.7. The van der Waals surface area contributed by atoms with E-state index in [0.717, 1.165) is 5.56 Å². The van der Waals surface area contributed by atoms with Crippen molar-refractivity contribution in [2.45, 2.75) is 27.2 Å². The number of carbonyl (C=O) groups excluding carboxylic acids is 3. The summed E-state index contributed by atoms with van der Waals surface area (Å²) in [5.41, 5.74) is 2.30. The Bertz CT molecular complexity index is 1130. The smallest absolute Gasteiger partial charge is 0.255 e. The van der Waals surface area contributed by atoms with Crippen molar-refractivity contribution in [3.8, 4) is 0 Å². The van der Waals surface area contributed by atoms with Gasteiger partial charge in [-0.05, 0) is 42.3 Å². The van der Waals surface area contributed by atoms with Crippen LogP contribution in [0.4, 0.5) is 11.4 Å². The van der Waals surface area contributed by atoms with Crippen LogP contribution >= 0.6 is 0 Å². The van der Waals surface area contributed by atoms with Gasteiger partial charge >= 0.3 is 0 Å². The summed E-state index contributed by atoms with van der Waals surface area (Å²) < 4.78 is 0. The molecule has 3 rings (SSSR count). The summed E-state index contributed by atoms with van der Waals surface area (Å²) in [5, 5.41) is 8.55. The number of benzene rings is 3. The number of amides is 3. The average molecular weight is 444 g/mol. The lowest BCUT2D eigenvalue weighted by atomic mass is 9.95. The van der Waals surface area contributed by atoms with Crippen LogP contribution in [0.3, 0.4) is 0 Å². The van der Waals surface area contributed by atoms with E-state index in [1.165, 1.54) is 0 Å². The van der Waals surface area contributed by atoms with E-state index >= 15 is 0 Å². The van der Waals surface area contributed by atoms with Gasteiger partial charge in [-0.15, -0.1) is 0 Å². The normalized spacial score (nSPS) is 10.9. The fourth-order valence-corrected chi connectivity index (χ4v) is 3.10. The molecule has 3 aromatic rings. The zero-order valence-electron chi connectivity index (χ0n) is 19.1. The number of hydrogen-bond donors (Lipinski definition) is 3. The third-order valence-electron chi connectivity index (χ3n) is 5.03. The van der Waals surface area contributed by atoms with E-state index in [9.17, 15) is 14.4 Å². The lowest BCUT2D eigenvalue weighted by molar-refractivity contribution is -0.123. The van der Waals surface area contributed by atoms with Crippen molar-refractivity contribution in [3.63, 3.8) is 0 Å². The van der Waals surface area contributed by atoms with Crippen molar-refractivity contribution in [1.29, 1.82) is 0 Å². The fraction of sp³-hybridized carbons (Fsp3) is 0.222. The second-order valence-electron chi connectivity index (χ2n) is 8.78. The largest absolute Gasteiger partial charge is 0.352 e. The van der Waals surface area contributed by atoms with Gasteiger partial charge in [-0.3, -0.25) is 14.4 Å². The van der Waals surface area contributed by atoms with Crippen molar-refractivity contribution in [2.75, 3.05) is 17.2 Å². The number of carbonyl (C=O) groups is 3. The van der Waals surface area contributed by atoms with Crippen LogP contribution in [0.15, 0.2) is 78.9 Å². The molecule has 0 fully saturated rings. The van der Waals surface area contributed by atoms with Gasteiger partial charge in [-0.2, -0.15) is 0 Å². The van der Waals surface area contributed by atoms with Crippen molar-refractivity contribution in [1.82, 2.24) is 5.32 Å². The van der Waals surface area contributed by atoms with Gasteiger partial charge in [0.05, 0.1) is 11.3 Å². The van der Waals surface area contributed by atoms with Gasteiger partial charge in [-0.1, -0.05) is 69.3 Å². The molecule has 0 bridgehead atoms. The topological polar surface area (TPSA) is 87.3 Å². The number of nitrogens with one attached hydrogen (secondary N) is 3. The molecule has 6 nitrogen and oxygen atoms in total. The molecule has 0 aliphatic carbocycles. The Morgan fingerprint density at radius 1 is 0.758 bits per heavy atom. The van der Waals surface area contributed by atoms with Gasteiger partial charge in [-0.25, -0.2) is 0 Å². The van der Waals surface area contributed by atoms with Crippen LogP contribution in [0.1, 0.15) is 47.1 Å². The van der Waals surface area contributed by atoms with Gasteiger partial charge in [0.2, 0.25) is 5.91 Å². The van der Waals surface area contributed by atoms with Crippen LogP contribution in [0.25, 0.3) is 0 Å². The minimum Gasteiger partial charge on any atom is -0.352 e. The molecular formula is C27H29N3O3. The minimum absolute atomic E-state index is 0.141. The molecule has 0 radical (unpaired) electrons. The van der Waals surface area contributed by atoms with E-state index in [1.807, 2.05) is 51.1 Å². The highest BCUT2D eigenvalue weighted by Gasteiger charge is 2.21. The van der Waals surface area contributed by atoms with Crippen LogP contribution in [-0.4, -0.2) is 24.3 Å². The highest BCUT2D eigenvalue weighted by molar-refractivity contribution is 6.09. The number of rotatable bonds is 7. The molecule has 6 heteroatoms. The molecule has 0 aromatic heterocycles. The molecule has 0 aliphatic rings. The van der Waals surface area contributed by atoms with Crippen LogP contribution < -0.4 is 16.0 Å². The molecule has 0 spiro atoms. The van der Waals surface area contributed by atoms with E-state index < -0.39 is 5.41 Å². The summed E-state index contributed by atoms with van der Waals surface area (Å²) in [6, 6.07) is 23.5. The van der Waals surface area contributed by atoms with Gasteiger partial charge in [0.25, 0.3) is 11.8 Å². The lowest BCUT2D eigenvalue weighted by Gasteiger charge is -2.18. The first-order chi connectivity index (χ1) is 15.7. The Balaban J connectivity index is 1.66. The molecular weight excluding hydrogens is 414 g/mol. The third kappa shape index (κ3) is 6.77. The molecule has 3 amide bonds. The molecule has 170 valence electrons. The zero-order chi connectivity index (χ0) is 23.8. The second kappa shape index (κ2) is 10.6. The Morgan fingerprint density at radius 3 is 2.18 bits per heavy atom. The predicted octanol–water partition coefficient (Wildman–Crippen LogP) is 4.90. The van der Waals surface area contributed by atoms with Crippen LogP contribution in [-0.2, 0) is 11.2 Å². The maximum Gasteiger partial charge on any atom is 0.255 e. The first-order valence-corrected chi connectivity index (χ1v) is 10.9. The SMILES string of the molecule is CC(C)(C)C(=O)Nc1cccc(C(=O)Nc2ccccc2C(=O)NCCc2ccccc2)c1. The van der Waals surface area contributed by atoms with Crippen molar-refractivity contribution in [3.05, 3.63) is 95.6 Å². The van der Waals surface area contributed by atoms with Crippen molar-refractivity contribution in [2.24, 2.45) is 5.41 Å². The Kier molecular flexibility index (Phi) is 7.61. The molecule has 0 atom stereocenters. The summed E-state index contributed by atoms with van der Waals surface area (Å²) in [6.45, 7) is 5.95. The standard InChI is InChI=1S/C27H29N3O3/c1-27(2,3)26(33)29-21-13-9-12-20(18-21)24(31)30-23-15-8-7-14-22(23)25(32)28-17-16-19-10-5-4-6-11-19/h4-15,18H,16-17H2,1-3H3,(H,28,32)(H,29,33)(H,30,31). The predicted molar refractivity (Wildman–Crippen MR) is 131 cm³/mol. The molecule has 0 saturated heterocycles. The number of hydrogen-bond acceptors (Lipinski definition) is 3. The first-order valence-electron chi connectivity index (χ1n) is 10.9. The summed E-state index contributed by atoms with van der Waals surface area (Å²) in [4.78, 5) is 37.8. The summed E-state index contributed by atoms with van der Waals surface area (Å²) in [6.07, 6.45) is 0.716.